The van der Waals surface area contributed by atoms with Gasteiger partial charge in [-0.05, 0) is 12.1 Å². The quantitative estimate of drug-likeness (QED) is 0.690. The smallest absolute Gasteiger partial charge is 0.295 e. The molecule has 0 saturated heterocycles. The van der Waals surface area contributed by atoms with Crippen LogP contribution >= 0.6 is 11.3 Å². The highest BCUT2D eigenvalue weighted by Gasteiger charge is 2.18. The molecule has 0 bridgehead atoms. The minimum Gasteiger partial charge on any atom is -0.324 e. The maximum atomic E-state index is 12.9. The van der Waals surface area contributed by atoms with Gasteiger partial charge in [0.25, 0.3) is 12.1 Å². The van der Waals surface area contributed by atoms with Gasteiger partial charge in [0, 0.05) is 0 Å². The summed E-state index contributed by atoms with van der Waals surface area (Å²) in [5.41, 5.74) is -0.572. The van der Waals surface area contributed by atoms with Crippen molar-refractivity contribution in [3.8, 4) is 0 Å². The number of nitrogens with one attached hydrogen (secondary N) is 1. The molecule has 0 aliphatic heterocycles. The summed E-state index contributed by atoms with van der Waals surface area (Å²) in [7, 11) is 0. The third-order valence-corrected chi connectivity index (χ3v) is 2.87. The third kappa shape index (κ3) is 2.96. The van der Waals surface area contributed by atoms with Crippen LogP contribution in [0.1, 0.15) is 11.4 Å². The molecule has 0 atom stereocenters. The molecule has 1 aromatic carbocycles. The Balaban J connectivity index is 2.29. The summed E-state index contributed by atoms with van der Waals surface area (Å²) in [6.45, 7) is 0. The van der Waals surface area contributed by atoms with E-state index in [2.05, 4.69) is 15.5 Å². The van der Waals surface area contributed by atoms with Gasteiger partial charge in [-0.2, -0.15) is 0 Å². The summed E-state index contributed by atoms with van der Waals surface area (Å²) in [5, 5.41) is 19.3. The van der Waals surface area contributed by atoms with Crippen molar-refractivity contribution in [3.63, 3.8) is 0 Å². The second-order valence-electron chi connectivity index (χ2n) is 3.29. The number of hydrogen-bond donors (Lipinski definition) is 1. The minimum atomic E-state index is -2.77. The molecular weight excluding hydrogens is 285 g/mol. The number of anilines is 2. The predicted molar refractivity (Wildman–Crippen MR) is 61.2 cm³/mol. The average molecular weight is 290 g/mol. The van der Waals surface area contributed by atoms with Crippen LogP contribution in [0.5, 0.6) is 0 Å². The molecule has 0 spiro atoms. The van der Waals surface area contributed by atoms with Gasteiger partial charge in [-0.1, -0.05) is 11.3 Å². The number of halogens is 3. The average Bonchev–Trinajstić information content (AvgIpc) is 2.80. The van der Waals surface area contributed by atoms with Crippen molar-refractivity contribution in [1.29, 1.82) is 0 Å². The molecular formula is C9H5F3N4O2S. The largest absolute Gasteiger partial charge is 0.324 e. The fourth-order valence-electron chi connectivity index (χ4n) is 1.25. The monoisotopic (exact) mass is 290 g/mol. The predicted octanol–water partition coefficient (Wildman–Crippen LogP) is 3.27. The van der Waals surface area contributed by atoms with Crippen LogP contribution in [0, 0.1) is 15.9 Å². The van der Waals surface area contributed by atoms with Crippen molar-refractivity contribution in [3.05, 3.63) is 39.1 Å². The van der Waals surface area contributed by atoms with Crippen LogP contribution in [0.4, 0.5) is 29.7 Å². The van der Waals surface area contributed by atoms with E-state index in [-0.39, 0.29) is 10.8 Å². The van der Waals surface area contributed by atoms with E-state index < -0.39 is 27.9 Å². The molecule has 0 fully saturated rings. The van der Waals surface area contributed by atoms with Crippen LogP contribution < -0.4 is 5.32 Å². The summed E-state index contributed by atoms with van der Waals surface area (Å²) in [5.74, 6) is -0.775. The first-order chi connectivity index (χ1) is 8.97. The Morgan fingerprint density at radius 3 is 2.68 bits per heavy atom. The van der Waals surface area contributed by atoms with Gasteiger partial charge in [-0.25, -0.2) is 13.2 Å². The van der Waals surface area contributed by atoms with Gasteiger partial charge >= 0.3 is 0 Å². The topological polar surface area (TPSA) is 81.0 Å². The first kappa shape index (κ1) is 13.2. The summed E-state index contributed by atoms with van der Waals surface area (Å²) in [6.07, 6.45) is -2.77. The second kappa shape index (κ2) is 5.18. The van der Waals surface area contributed by atoms with Crippen LogP contribution in [-0.2, 0) is 0 Å². The van der Waals surface area contributed by atoms with Crippen molar-refractivity contribution in [1.82, 2.24) is 10.2 Å². The van der Waals surface area contributed by atoms with Gasteiger partial charge in [0.2, 0.25) is 5.13 Å². The Hall–Kier alpha value is -2.23. The molecule has 0 amide bonds. The van der Waals surface area contributed by atoms with Crippen LogP contribution in [0.3, 0.4) is 0 Å². The lowest BCUT2D eigenvalue weighted by atomic mass is 10.2. The lowest BCUT2D eigenvalue weighted by Crippen LogP contribution is -1.97. The Morgan fingerprint density at radius 1 is 1.37 bits per heavy atom. The molecule has 0 saturated carbocycles. The molecule has 1 heterocycles. The number of hydrogen-bond acceptors (Lipinski definition) is 6. The van der Waals surface area contributed by atoms with E-state index in [9.17, 15) is 23.3 Å². The summed E-state index contributed by atoms with van der Waals surface area (Å²) in [4.78, 5) is 9.93. The van der Waals surface area contributed by atoms with Crippen LogP contribution in [0.15, 0.2) is 18.2 Å². The van der Waals surface area contributed by atoms with Crippen LogP contribution in [0.25, 0.3) is 0 Å². The summed E-state index contributed by atoms with van der Waals surface area (Å²) >= 11 is 0.561. The molecule has 0 aliphatic rings. The van der Waals surface area contributed by atoms with Crippen LogP contribution in [-0.4, -0.2) is 15.1 Å². The van der Waals surface area contributed by atoms with E-state index in [0.717, 1.165) is 18.2 Å². The van der Waals surface area contributed by atoms with E-state index >= 15 is 0 Å². The first-order valence-electron chi connectivity index (χ1n) is 4.80. The van der Waals surface area contributed by atoms with Gasteiger partial charge in [-0.3, -0.25) is 10.1 Å². The zero-order chi connectivity index (χ0) is 14.0. The SMILES string of the molecule is O=[N+]([O-])c1cc(F)ccc1Nc1nnc(C(F)F)s1. The molecule has 1 N–H and O–H groups in total. The lowest BCUT2D eigenvalue weighted by Gasteiger charge is -2.02. The van der Waals surface area contributed by atoms with Gasteiger partial charge in [-0.15, -0.1) is 10.2 Å². The summed E-state index contributed by atoms with van der Waals surface area (Å²) in [6, 6.07) is 2.85. The maximum Gasteiger partial charge on any atom is 0.295 e. The molecule has 2 rings (SSSR count). The van der Waals surface area contributed by atoms with E-state index in [4.69, 9.17) is 0 Å². The molecule has 10 heteroatoms. The van der Waals surface area contributed by atoms with E-state index in [1.807, 2.05) is 0 Å². The van der Waals surface area contributed by atoms with Crippen LogP contribution in [0.2, 0.25) is 0 Å². The Labute approximate surface area is 108 Å². The number of nitro groups is 1. The van der Waals surface area contributed by atoms with Crippen molar-refractivity contribution in [2.24, 2.45) is 0 Å². The number of aromatic nitrogens is 2. The zero-order valence-corrected chi connectivity index (χ0v) is 9.83. The fraction of sp³-hybridized carbons (Fsp3) is 0.111. The van der Waals surface area contributed by atoms with Gasteiger partial charge in [0.15, 0.2) is 5.01 Å². The Morgan fingerprint density at radius 2 is 2.11 bits per heavy atom. The lowest BCUT2D eigenvalue weighted by molar-refractivity contribution is -0.384. The van der Waals surface area contributed by atoms with Gasteiger partial charge < -0.3 is 5.32 Å². The van der Waals surface area contributed by atoms with Gasteiger partial charge in [0.1, 0.15) is 11.5 Å². The number of benzene rings is 1. The van der Waals surface area contributed by atoms with E-state index in [1.165, 1.54) is 0 Å². The third-order valence-electron chi connectivity index (χ3n) is 2.03. The van der Waals surface area contributed by atoms with Crippen molar-refractivity contribution < 1.29 is 18.1 Å². The molecule has 0 aliphatic carbocycles. The highest BCUT2D eigenvalue weighted by atomic mass is 32.1. The standard InChI is InChI=1S/C9H5F3N4O2S/c10-4-1-2-5(6(3-4)16(17)18)13-9-15-14-8(19-9)7(11)12/h1-3,7H,(H,13,15). The number of nitro benzene ring substituents is 1. The normalized spacial score (nSPS) is 10.7. The maximum absolute atomic E-state index is 12.9. The molecule has 0 radical (unpaired) electrons. The van der Waals surface area contributed by atoms with Crippen molar-refractivity contribution in [2.45, 2.75) is 6.43 Å². The molecule has 0 unspecified atom stereocenters. The molecule has 1 aromatic heterocycles. The summed E-state index contributed by atoms with van der Waals surface area (Å²) < 4.78 is 37.5. The van der Waals surface area contributed by atoms with Gasteiger partial charge in [0.05, 0.1) is 11.0 Å². The van der Waals surface area contributed by atoms with E-state index in [1.54, 1.807) is 0 Å². The number of rotatable bonds is 4. The highest BCUT2D eigenvalue weighted by Crippen LogP contribution is 2.31. The van der Waals surface area contributed by atoms with Crippen molar-refractivity contribution in [2.75, 3.05) is 5.32 Å². The highest BCUT2D eigenvalue weighted by molar-refractivity contribution is 7.15. The Kier molecular flexibility index (Phi) is 3.60. The number of alkyl halides is 2. The zero-order valence-electron chi connectivity index (χ0n) is 9.01. The van der Waals surface area contributed by atoms with Crippen molar-refractivity contribution >= 4 is 27.8 Å². The second-order valence-corrected chi connectivity index (χ2v) is 4.30. The van der Waals surface area contributed by atoms with E-state index in [0.29, 0.717) is 11.3 Å². The minimum absolute atomic E-state index is 0.0370. The molecule has 100 valence electrons. The molecule has 6 nitrogen and oxygen atoms in total. The number of nitrogens with zero attached hydrogens (tertiary/aromatic N) is 3. The fourth-order valence-corrected chi connectivity index (χ4v) is 1.86. The molecule has 19 heavy (non-hydrogen) atoms. The molecule has 2 aromatic rings. The Bertz CT molecular complexity index is 619. The first-order valence-corrected chi connectivity index (χ1v) is 5.61.